The summed E-state index contributed by atoms with van der Waals surface area (Å²) in [6.07, 6.45) is -0.245. The van der Waals surface area contributed by atoms with Crippen molar-refractivity contribution in [1.82, 2.24) is 0 Å². The quantitative estimate of drug-likeness (QED) is 0.847. The van der Waals surface area contributed by atoms with Gasteiger partial charge in [-0.15, -0.1) is 0 Å². The second-order valence-electron chi connectivity index (χ2n) is 6.79. The highest BCUT2D eigenvalue weighted by Gasteiger charge is 2.50. The Morgan fingerprint density at radius 3 is 2.48 bits per heavy atom. The van der Waals surface area contributed by atoms with Crippen LogP contribution in [0.1, 0.15) is 30.0 Å². The number of ether oxygens (including phenoxy) is 2. The molecule has 0 saturated carbocycles. The van der Waals surface area contributed by atoms with Crippen molar-refractivity contribution in [3.63, 3.8) is 0 Å². The van der Waals surface area contributed by atoms with Crippen molar-refractivity contribution in [2.24, 2.45) is 0 Å². The number of carbonyl (C=O) groups excluding carboxylic acids is 2. The fourth-order valence-corrected chi connectivity index (χ4v) is 3.63. The molecule has 6 nitrogen and oxygen atoms in total. The molecule has 2 aromatic carbocycles. The van der Waals surface area contributed by atoms with Crippen LogP contribution in [0.15, 0.2) is 36.4 Å². The van der Waals surface area contributed by atoms with Gasteiger partial charge in [0.05, 0.1) is 26.5 Å². The van der Waals surface area contributed by atoms with E-state index in [-0.39, 0.29) is 18.7 Å². The number of rotatable bonds is 6. The van der Waals surface area contributed by atoms with E-state index in [1.807, 2.05) is 19.1 Å². The van der Waals surface area contributed by atoms with Crippen molar-refractivity contribution in [2.45, 2.75) is 32.4 Å². The van der Waals surface area contributed by atoms with Crippen LogP contribution in [0.25, 0.3) is 0 Å². The van der Waals surface area contributed by atoms with Gasteiger partial charge in [0.25, 0.3) is 5.91 Å². The minimum Gasteiger partial charge on any atom is -0.493 e. The van der Waals surface area contributed by atoms with Gasteiger partial charge in [0.2, 0.25) is 0 Å². The summed E-state index contributed by atoms with van der Waals surface area (Å²) in [4.78, 5) is 26.4. The van der Waals surface area contributed by atoms with E-state index in [9.17, 15) is 14.7 Å². The Morgan fingerprint density at radius 2 is 1.85 bits per heavy atom. The highest BCUT2D eigenvalue weighted by Crippen LogP contribution is 2.45. The molecule has 2 aromatic rings. The molecule has 0 bridgehead atoms. The number of anilines is 1. The lowest BCUT2D eigenvalue weighted by molar-refractivity contribution is -0.141. The summed E-state index contributed by atoms with van der Waals surface area (Å²) >= 11 is 0. The predicted molar refractivity (Wildman–Crippen MR) is 101 cm³/mol. The Balaban J connectivity index is 2.04. The van der Waals surface area contributed by atoms with E-state index in [0.717, 1.165) is 11.1 Å². The predicted octanol–water partition coefficient (Wildman–Crippen LogP) is 2.73. The molecule has 6 heteroatoms. The van der Waals surface area contributed by atoms with Gasteiger partial charge in [-0.1, -0.05) is 24.3 Å². The highest BCUT2D eigenvalue weighted by atomic mass is 16.5. The number of hydrogen-bond donors (Lipinski definition) is 1. The van der Waals surface area contributed by atoms with Crippen molar-refractivity contribution in [1.29, 1.82) is 0 Å². The lowest BCUT2D eigenvalue weighted by Gasteiger charge is -2.23. The molecule has 3 rings (SSSR count). The van der Waals surface area contributed by atoms with Gasteiger partial charge < -0.3 is 19.5 Å². The number of ketones is 1. The summed E-state index contributed by atoms with van der Waals surface area (Å²) in [7, 11) is 3.11. The molecule has 0 unspecified atom stereocenters. The number of fused-ring (bicyclic) bond motifs is 1. The van der Waals surface area contributed by atoms with Gasteiger partial charge in [0.1, 0.15) is 5.78 Å². The second-order valence-corrected chi connectivity index (χ2v) is 6.79. The average molecular weight is 369 g/mol. The standard InChI is InChI=1S/C21H23NO5/c1-13-6-5-7-16-19(13)22(20(24)21(16,25)11-14(2)23)12-15-8-9-17(26-3)18(10-15)27-4/h5-10,25H,11-12H2,1-4H3/t21-/m0/s1. The third-order valence-corrected chi connectivity index (χ3v) is 4.85. The summed E-state index contributed by atoms with van der Waals surface area (Å²) in [5, 5.41) is 11.1. The SMILES string of the molecule is COc1ccc(CN2C(=O)[C@](O)(CC(C)=O)c3cccc(C)c32)cc1OC. The van der Waals surface area contributed by atoms with Crippen molar-refractivity contribution in [3.8, 4) is 11.5 Å². The first kappa shape index (κ1) is 18.9. The lowest BCUT2D eigenvalue weighted by atomic mass is 9.89. The number of methoxy groups -OCH3 is 2. The van der Waals surface area contributed by atoms with Crippen LogP contribution in [0.5, 0.6) is 11.5 Å². The first-order chi connectivity index (χ1) is 12.8. The molecule has 1 atom stereocenters. The highest BCUT2D eigenvalue weighted by molar-refractivity contribution is 6.09. The van der Waals surface area contributed by atoms with Crippen molar-refractivity contribution in [3.05, 3.63) is 53.1 Å². The third kappa shape index (κ3) is 3.17. The number of hydrogen-bond acceptors (Lipinski definition) is 5. The van der Waals surface area contributed by atoms with Crippen molar-refractivity contribution < 1.29 is 24.2 Å². The Bertz CT molecular complexity index is 907. The van der Waals surface area contributed by atoms with E-state index in [2.05, 4.69) is 0 Å². The van der Waals surface area contributed by atoms with E-state index in [1.165, 1.54) is 11.8 Å². The van der Waals surface area contributed by atoms with E-state index in [4.69, 9.17) is 9.47 Å². The Morgan fingerprint density at radius 1 is 1.15 bits per heavy atom. The monoisotopic (exact) mass is 369 g/mol. The van der Waals surface area contributed by atoms with Crippen molar-refractivity contribution in [2.75, 3.05) is 19.1 Å². The van der Waals surface area contributed by atoms with Crippen LogP contribution in [0, 0.1) is 6.92 Å². The number of Topliss-reactive ketones (excluding diaryl/α,β-unsaturated/α-hetero) is 1. The zero-order valence-corrected chi connectivity index (χ0v) is 15.9. The van der Waals surface area contributed by atoms with Crippen LogP contribution in [0.3, 0.4) is 0 Å². The first-order valence-electron chi connectivity index (χ1n) is 8.66. The number of carbonyl (C=O) groups is 2. The van der Waals surface area contributed by atoms with Gasteiger partial charge in [-0.2, -0.15) is 0 Å². The van der Waals surface area contributed by atoms with Gasteiger partial charge in [0, 0.05) is 12.0 Å². The molecule has 0 aliphatic carbocycles. The summed E-state index contributed by atoms with van der Waals surface area (Å²) in [5.41, 5.74) is 0.983. The van der Waals surface area contributed by atoms with E-state index >= 15 is 0 Å². The minimum absolute atomic E-state index is 0.244. The number of aliphatic hydroxyl groups is 1. The van der Waals surface area contributed by atoms with E-state index < -0.39 is 11.5 Å². The number of nitrogens with zero attached hydrogens (tertiary/aromatic N) is 1. The number of benzene rings is 2. The topological polar surface area (TPSA) is 76.1 Å². The summed E-state index contributed by atoms with van der Waals surface area (Å²) in [6, 6.07) is 10.8. The molecular weight excluding hydrogens is 346 g/mol. The molecule has 0 radical (unpaired) electrons. The smallest absolute Gasteiger partial charge is 0.264 e. The van der Waals surface area contributed by atoms with Crippen molar-refractivity contribution >= 4 is 17.4 Å². The number of aryl methyl sites for hydroxylation is 1. The fourth-order valence-electron chi connectivity index (χ4n) is 3.63. The molecule has 1 amide bonds. The summed E-state index contributed by atoms with van der Waals surface area (Å²) in [5.74, 6) is 0.423. The average Bonchev–Trinajstić information content (AvgIpc) is 2.84. The third-order valence-electron chi connectivity index (χ3n) is 4.85. The van der Waals surface area contributed by atoms with E-state index in [1.54, 1.807) is 38.5 Å². The van der Waals surface area contributed by atoms with Gasteiger partial charge in [0.15, 0.2) is 17.1 Å². The van der Waals surface area contributed by atoms with Crippen LogP contribution >= 0.6 is 0 Å². The zero-order valence-electron chi connectivity index (χ0n) is 15.9. The van der Waals surface area contributed by atoms with Gasteiger partial charge >= 0.3 is 0 Å². The zero-order chi connectivity index (χ0) is 19.8. The molecular formula is C21H23NO5. The molecule has 1 heterocycles. The second kappa shape index (κ2) is 7.04. The van der Waals surface area contributed by atoms with Crippen LogP contribution in [-0.2, 0) is 21.7 Å². The Kier molecular flexibility index (Phi) is 4.93. The van der Waals surface area contributed by atoms with E-state index in [0.29, 0.717) is 22.7 Å². The molecule has 1 N–H and O–H groups in total. The van der Waals surface area contributed by atoms with Gasteiger partial charge in [-0.05, 0) is 37.1 Å². The number of para-hydroxylation sites is 1. The normalized spacial score (nSPS) is 18.4. The molecule has 1 aliphatic rings. The maximum Gasteiger partial charge on any atom is 0.264 e. The summed E-state index contributed by atoms with van der Waals surface area (Å²) < 4.78 is 10.6. The number of amides is 1. The largest absolute Gasteiger partial charge is 0.493 e. The molecule has 27 heavy (non-hydrogen) atoms. The Hall–Kier alpha value is -2.86. The fraction of sp³-hybridized carbons (Fsp3) is 0.333. The maximum absolute atomic E-state index is 13.1. The van der Waals surface area contributed by atoms with Gasteiger partial charge in [-0.3, -0.25) is 9.59 Å². The first-order valence-corrected chi connectivity index (χ1v) is 8.66. The van der Waals surface area contributed by atoms with Crippen LogP contribution in [0.2, 0.25) is 0 Å². The minimum atomic E-state index is -1.83. The lowest BCUT2D eigenvalue weighted by Crippen LogP contribution is -2.41. The summed E-state index contributed by atoms with van der Waals surface area (Å²) in [6.45, 7) is 3.50. The molecule has 0 aromatic heterocycles. The molecule has 1 aliphatic heterocycles. The molecule has 0 fully saturated rings. The van der Waals surface area contributed by atoms with Crippen LogP contribution < -0.4 is 14.4 Å². The molecule has 142 valence electrons. The van der Waals surface area contributed by atoms with Crippen LogP contribution in [0.4, 0.5) is 5.69 Å². The Labute approximate surface area is 158 Å². The van der Waals surface area contributed by atoms with Gasteiger partial charge in [-0.25, -0.2) is 0 Å². The molecule has 0 saturated heterocycles. The van der Waals surface area contributed by atoms with Crippen LogP contribution in [-0.4, -0.2) is 31.0 Å². The maximum atomic E-state index is 13.1. The molecule has 0 spiro atoms.